The van der Waals surface area contributed by atoms with E-state index in [0.717, 1.165) is 56.2 Å². The summed E-state index contributed by atoms with van der Waals surface area (Å²) in [6.07, 6.45) is 3.73. The number of para-hydroxylation sites is 3. The number of aromatic nitrogens is 4. The predicted octanol–water partition coefficient (Wildman–Crippen LogP) is 11.8. The van der Waals surface area contributed by atoms with Crippen molar-refractivity contribution >= 4 is 60.8 Å². The van der Waals surface area contributed by atoms with E-state index >= 15 is 0 Å². The minimum Gasteiger partial charge on any atom is -0.310 e. The van der Waals surface area contributed by atoms with Crippen LogP contribution in [-0.2, 0) is 0 Å². The lowest BCUT2D eigenvalue weighted by molar-refractivity contribution is 1.13. The molecule has 0 bridgehead atoms. The van der Waals surface area contributed by atoms with Gasteiger partial charge in [-0.05, 0) is 97.1 Å². The van der Waals surface area contributed by atoms with Gasteiger partial charge in [0.2, 0.25) is 0 Å². The Morgan fingerprint density at radius 3 is 1.84 bits per heavy atom. The molecule has 0 spiro atoms. The highest BCUT2D eigenvalue weighted by atomic mass is 15.1. The number of rotatable bonds is 6. The number of fused-ring (bicyclic) bond motifs is 7. The van der Waals surface area contributed by atoms with Crippen molar-refractivity contribution in [3.05, 3.63) is 188 Å². The molecule has 240 valence electrons. The Balaban J connectivity index is 1.21. The number of anilines is 3. The second-order valence-corrected chi connectivity index (χ2v) is 12.7. The van der Waals surface area contributed by atoms with Crippen LogP contribution in [0, 0.1) is 0 Å². The van der Waals surface area contributed by atoms with E-state index in [4.69, 9.17) is 4.98 Å². The van der Waals surface area contributed by atoms with Crippen molar-refractivity contribution in [3.63, 3.8) is 0 Å². The van der Waals surface area contributed by atoms with Crippen molar-refractivity contribution in [3.8, 4) is 22.6 Å². The maximum atomic E-state index is 5.02. The molecule has 0 saturated carbocycles. The molecule has 0 N–H and O–H groups in total. The average Bonchev–Trinajstić information content (AvgIpc) is 3.72. The zero-order valence-corrected chi connectivity index (χ0v) is 27.6. The molecule has 0 aliphatic rings. The van der Waals surface area contributed by atoms with Crippen LogP contribution in [0.4, 0.5) is 17.1 Å². The first-order valence-corrected chi connectivity index (χ1v) is 17.2. The second kappa shape index (κ2) is 11.9. The Morgan fingerprint density at radius 1 is 0.392 bits per heavy atom. The molecule has 10 aromatic rings. The lowest BCUT2D eigenvalue weighted by Gasteiger charge is -2.26. The van der Waals surface area contributed by atoms with E-state index < -0.39 is 0 Å². The number of hydrogen-bond acceptors (Lipinski definition) is 3. The van der Waals surface area contributed by atoms with E-state index in [2.05, 4.69) is 177 Å². The monoisotopic (exact) mass is 653 g/mol. The van der Waals surface area contributed by atoms with Gasteiger partial charge in [0.15, 0.2) is 0 Å². The summed E-state index contributed by atoms with van der Waals surface area (Å²) in [5.41, 5.74) is 11.8. The summed E-state index contributed by atoms with van der Waals surface area (Å²) in [5, 5.41) is 4.79. The second-order valence-electron chi connectivity index (χ2n) is 12.7. The predicted molar refractivity (Wildman–Crippen MR) is 211 cm³/mol. The van der Waals surface area contributed by atoms with Crippen LogP contribution >= 0.6 is 0 Å². The Bertz CT molecular complexity index is 2850. The minimum atomic E-state index is 0.928. The highest BCUT2D eigenvalue weighted by molar-refractivity contribution is 6.28. The van der Waals surface area contributed by atoms with Gasteiger partial charge in [0, 0.05) is 67.9 Å². The van der Waals surface area contributed by atoms with Gasteiger partial charge in [0.25, 0.3) is 0 Å². The van der Waals surface area contributed by atoms with E-state index in [1.807, 2.05) is 30.6 Å². The molecule has 0 amide bonds. The summed E-state index contributed by atoms with van der Waals surface area (Å²) < 4.78 is 4.69. The number of hydrogen-bond donors (Lipinski definition) is 0. The zero-order valence-electron chi connectivity index (χ0n) is 27.6. The molecule has 4 heterocycles. The van der Waals surface area contributed by atoms with Crippen LogP contribution in [0.25, 0.3) is 66.4 Å². The summed E-state index contributed by atoms with van der Waals surface area (Å²) >= 11 is 0. The maximum absolute atomic E-state index is 5.02. The van der Waals surface area contributed by atoms with Crippen LogP contribution in [0.5, 0.6) is 0 Å². The van der Waals surface area contributed by atoms with E-state index in [1.54, 1.807) is 0 Å². The molecule has 6 aromatic carbocycles. The molecule has 0 unspecified atom stereocenters. The summed E-state index contributed by atoms with van der Waals surface area (Å²) in [5.74, 6) is 0. The number of benzene rings is 6. The molecule has 5 heteroatoms. The molecule has 0 aliphatic heterocycles. The van der Waals surface area contributed by atoms with E-state index in [0.29, 0.717) is 0 Å². The average molecular weight is 654 g/mol. The summed E-state index contributed by atoms with van der Waals surface area (Å²) in [7, 11) is 0. The third kappa shape index (κ3) is 4.71. The van der Waals surface area contributed by atoms with Crippen molar-refractivity contribution in [1.82, 2.24) is 19.1 Å². The van der Waals surface area contributed by atoms with Crippen LogP contribution in [0.1, 0.15) is 0 Å². The van der Waals surface area contributed by atoms with Gasteiger partial charge in [-0.3, -0.25) is 9.55 Å². The fraction of sp³-hybridized carbons (Fsp3) is 0. The van der Waals surface area contributed by atoms with Crippen LogP contribution in [0.2, 0.25) is 0 Å². The lowest BCUT2D eigenvalue weighted by atomic mass is 10.1. The van der Waals surface area contributed by atoms with E-state index in [9.17, 15) is 0 Å². The van der Waals surface area contributed by atoms with E-state index in [-0.39, 0.29) is 0 Å². The first kappa shape index (κ1) is 29.0. The SMILES string of the molecule is c1ccc(N(c2cccc(-c3ccccn3)c2)c2cccc(-n3c4ccc5c(c6ccccc6n5-c5ccccc5)c4c4cccnc43)c2)cc1. The molecule has 0 fully saturated rings. The molecule has 10 rings (SSSR count). The van der Waals surface area contributed by atoms with Gasteiger partial charge in [0.1, 0.15) is 5.65 Å². The summed E-state index contributed by atoms with van der Waals surface area (Å²) in [6.45, 7) is 0. The van der Waals surface area contributed by atoms with Gasteiger partial charge in [-0.15, -0.1) is 0 Å². The van der Waals surface area contributed by atoms with Crippen molar-refractivity contribution < 1.29 is 0 Å². The molecule has 0 aliphatic carbocycles. The Morgan fingerprint density at radius 2 is 1.02 bits per heavy atom. The molecule has 0 atom stereocenters. The van der Waals surface area contributed by atoms with Crippen molar-refractivity contribution in [1.29, 1.82) is 0 Å². The highest BCUT2D eigenvalue weighted by Crippen LogP contribution is 2.43. The zero-order chi connectivity index (χ0) is 33.7. The largest absolute Gasteiger partial charge is 0.310 e. The third-order valence-corrected chi connectivity index (χ3v) is 9.77. The Labute approximate surface area is 294 Å². The van der Waals surface area contributed by atoms with Gasteiger partial charge >= 0.3 is 0 Å². The topological polar surface area (TPSA) is 38.9 Å². The van der Waals surface area contributed by atoms with Crippen LogP contribution in [-0.4, -0.2) is 19.1 Å². The molecule has 4 aromatic heterocycles. The first-order valence-electron chi connectivity index (χ1n) is 17.2. The fourth-order valence-corrected chi connectivity index (χ4v) is 7.64. The van der Waals surface area contributed by atoms with Crippen LogP contribution < -0.4 is 4.90 Å². The van der Waals surface area contributed by atoms with Crippen molar-refractivity contribution in [2.24, 2.45) is 0 Å². The van der Waals surface area contributed by atoms with Crippen LogP contribution in [0.3, 0.4) is 0 Å². The standard InChI is InChI=1S/C46H31N5/c1-3-15-33(16-4-1)49(35-19-11-14-32(30-35)40-24-9-10-28-47-40)36-20-12-21-37(31-36)51-43-27-26-42-44(45(43)39-23-13-29-48-46(39)51)38-22-7-8-25-41(38)50(42)34-17-5-2-6-18-34/h1-31H. The van der Waals surface area contributed by atoms with Crippen LogP contribution in [0.15, 0.2) is 188 Å². The van der Waals surface area contributed by atoms with Gasteiger partial charge in [-0.1, -0.05) is 78.9 Å². The van der Waals surface area contributed by atoms with Gasteiger partial charge in [0.05, 0.1) is 22.2 Å². The Kier molecular flexibility index (Phi) is 6.74. The Hall–Kier alpha value is -6.98. The molecule has 5 nitrogen and oxygen atoms in total. The quantitative estimate of drug-likeness (QED) is 0.179. The fourth-order valence-electron chi connectivity index (χ4n) is 7.64. The van der Waals surface area contributed by atoms with Gasteiger partial charge < -0.3 is 9.47 Å². The smallest absolute Gasteiger partial charge is 0.145 e. The summed E-state index contributed by atoms with van der Waals surface area (Å²) in [6, 6.07) is 62.1. The number of pyridine rings is 2. The van der Waals surface area contributed by atoms with Gasteiger partial charge in [-0.2, -0.15) is 0 Å². The summed E-state index contributed by atoms with van der Waals surface area (Å²) in [4.78, 5) is 12.0. The van der Waals surface area contributed by atoms with Gasteiger partial charge in [-0.25, -0.2) is 4.98 Å². The first-order chi connectivity index (χ1) is 25.3. The highest BCUT2D eigenvalue weighted by Gasteiger charge is 2.22. The lowest BCUT2D eigenvalue weighted by Crippen LogP contribution is -2.10. The minimum absolute atomic E-state index is 0.928. The normalized spacial score (nSPS) is 11.5. The molecule has 0 saturated heterocycles. The molecule has 51 heavy (non-hydrogen) atoms. The molecule has 0 radical (unpaired) electrons. The van der Waals surface area contributed by atoms with Crippen molar-refractivity contribution in [2.45, 2.75) is 0 Å². The molecular weight excluding hydrogens is 623 g/mol. The maximum Gasteiger partial charge on any atom is 0.145 e. The molecular formula is C46H31N5. The third-order valence-electron chi connectivity index (χ3n) is 9.77. The number of nitrogens with zero attached hydrogens (tertiary/aromatic N) is 5. The van der Waals surface area contributed by atoms with Crippen molar-refractivity contribution in [2.75, 3.05) is 4.90 Å². The van der Waals surface area contributed by atoms with E-state index in [1.165, 1.54) is 27.2 Å².